The van der Waals surface area contributed by atoms with E-state index in [1.807, 2.05) is 0 Å². The van der Waals surface area contributed by atoms with E-state index in [4.69, 9.17) is 4.98 Å². The Morgan fingerprint density at radius 3 is 1.67 bits per heavy atom. The Kier molecular flexibility index (Phi) is 6.97. The van der Waals surface area contributed by atoms with Crippen LogP contribution in [0.2, 0.25) is 5.11 Å². The highest BCUT2D eigenvalue weighted by atomic mass is 15.1. The number of imidazole rings is 1. The van der Waals surface area contributed by atoms with Gasteiger partial charge in [0.25, 0.3) is 0 Å². The molecule has 51 heavy (non-hydrogen) atoms. The van der Waals surface area contributed by atoms with Gasteiger partial charge in [0.1, 0.15) is 21.5 Å². The van der Waals surface area contributed by atoms with Crippen molar-refractivity contribution in [2.75, 3.05) is 0 Å². The van der Waals surface area contributed by atoms with Crippen LogP contribution in [-0.2, 0) is 10.6 Å². The molecule has 7 aromatic carbocycles. The van der Waals surface area contributed by atoms with Gasteiger partial charge in [0.15, 0.2) is 0 Å². The minimum Gasteiger partial charge on any atom is -0.297 e. The van der Waals surface area contributed by atoms with Crippen LogP contribution in [0.4, 0.5) is 0 Å². The Morgan fingerprint density at radius 2 is 1.04 bits per heavy atom. The lowest BCUT2D eigenvalue weighted by molar-refractivity contribution is 0.660. The predicted octanol–water partition coefficient (Wildman–Crippen LogP) is 6.36. The Labute approximate surface area is 305 Å². The highest BCUT2D eigenvalue weighted by molar-refractivity contribution is 6.67. The van der Waals surface area contributed by atoms with Crippen molar-refractivity contribution >= 4 is 71.8 Å². The molecule has 0 fully saturated rings. The number of benzene rings is 7. The smallest absolute Gasteiger partial charge is 0.106 e. The fourth-order valence-electron chi connectivity index (χ4n) is 8.43. The number of hydrogen-bond donors (Lipinski definition) is 0. The molecular formula is C44H39B5N2. The molecule has 9 rings (SSSR count). The number of rotatable bonds is 5. The van der Waals surface area contributed by atoms with E-state index < -0.39 is 0 Å². The minimum atomic E-state index is -0.164. The molecule has 0 radical (unpaired) electrons. The summed E-state index contributed by atoms with van der Waals surface area (Å²) in [4.78, 5) is 5.23. The zero-order valence-electron chi connectivity index (χ0n) is 30.7. The highest BCUT2D eigenvalue weighted by Crippen LogP contribution is 2.51. The summed E-state index contributed by atoms with van der Waals surface area (Å²) in [6.45, 7) is 4.73. The molecule has 0 spiro atoms. The van der Waals surface area contributed by atoms with E-state index in [1.54, 1.807) is 0 Å². The van der Waals surface area contributed by atoms with Crippen LogP contribution in [0.5, 0.6) is 0 Å². The summed E-state index contributed by atoms with van der Waals surface area (Å²) in [6.07, 6.45) is 0. The summed E-state index contributed by atoms with van der Waals surface area (Å²) >= 11 is 0. The van der Waals surface area contributed by atoms with Crippen LogP contribution >= 0.6 is 0 Å². The first kappa shape index (κ1) is 31.8. The second-order valence-electron chi connectivity index (χ2n) is 16.5. The normalized spacial score (nSPS) is 13.8. The molecule has 8 aromatic rings. The molecule has 0 N–H and O–H groups in total. The maximum atomic E-state index is 5.23. The van der Waals surface area contributed by atoms with Crippen LogP contribution in [0.3, 0.4) is 0 Å². The lowest BCUT2D eigenvalue weighted by Gasteiger charge is -2.39. The summed E-state index contributed by atoms with van der Waals surface area (Å²) in [6, 6.07) is 51.7. The Bertz CT molecular complexity index is 2630. The molecular weight excluding hydrogens is 611 g/mol. The fourth-order valence-corrected chi connectivity index (χ4v) is 8.43. The standard InChI is InChI=1S/C44H39B5N2/c1-42(2)35-16-8-7-11-29(35)30-24-21-27(25-36(30)42)40-33-14-5-3-12-31(33)39(32-13-4-6-15-34(32)40)26-19-22-28(23-20-26)51-38-18-10-9-17-37(38)50-41(51)43(45,46)44(47,48)49/h3-25H,45-49H2,1-2H3. The van der Waals surface area contributed by atoms with Gasteiger partial charge < -0.3 is 0 Å². The van der Waals surface area contributed by atoms with Crippen LogP contribution in [0.1, 0.15) is 30.8 Å². The number of para-hydroxylation sites is 2. The number of hydrogen-bond acceptors (Lipinski definition) is 1. The fraction of sp³-hybridized carbons (Fsp3) is 0.114. The lowest BCUT2D eigenvalue weighted by Crippen LogP contribution is -2.45. The quantitative estimate of drug-likeness (QED) is 0.157. The average Bonchev–Trinajstić information content (AvgIpc) is 3.63. The van der Waals surface area contributed by atoms with E-state index in [1.165, 1.54) is 66.1 Å². The third-order valence-corrected chi connectivity index (χ3v) is 12.2. The Hall–Kier alpha value is -5.15. The molecule has 1 heterocycles. The predicted molar refractivity (Wildman–Crippen MR) is 232 cm³/mol. The zero-order valence-corrected chi connectivity index (χ0v) is 30.7. The van der Waals surface area contributed by atoms with Crippen molar-refractivity contribution in [2.45, 2.75) is 29.6 Å². The molecule has 0 unspecified atom stereocenters. The Balaban J connectivity index is 1.23. The molecule has 0 atom stereocenters. The lowest BCUT2D eigenvalue weighted by atomic mass is 9.23. The summed E-state index contributed by atoms with van der Waals surface area (Å²) in [7, 11) is 11.6. The van der Waals surface area contributed by atoms with Gasteiger partial charge in [0.2, 0.25) is 0 Å². The van der Waals surface area contributed by atoms with E-state index in [0.717, 1.165) is 22.5 Å². The molecule has 1 aliphatic carbocycles. The van der Waals surface area contributed by atoms with E-state index in [-0.39, 0.29) is 15.7 Å². The van der Waals surface area contributed by atoms with E-state index in [2.05, 4.69) is 197 Å². The van der Waals surface area contributed by atoms with Crippen LogP contribution in [0.15, 0.2) is 140 Å². The van der Waals surface area contributed by atoms with Gasteiger partial charge in [-0.05, 0) is 102 Å². The second kappa shape index (κ2) is 11.2. The second-order valence-corrected chi connectivity index (χ2v) is 16.5. The van der Waals surface area contributed by atoms with Crippen LogP contribution in [0.25, 0.3) is 71.6 Å². The molecule has 1 aromatic heterocycles. The molecule has 7 heteroatoms. The highest BCUT2D eigenvalue weighted by Gasteiger charge is 2.39. The molecule has 240 valence electrons. The van der Waals surface area contributed by atoms with Gasteiger partial charge in [-0.1, -0.05) is 123 Å². The molecule has 0 saturated carbocycles. The Morgan fingerprint density at radius 1 is 0.529 bits per heavy atom. The first-order valence-corrected chi connectivity index (χ1v) is 18.2. The van der Waals surface area contributed by atoms with E-state index >= 15 is 0 Å². The summed E-state index contributed by atoms with van der Waals surface area (Å²) < 4.78 is 2.37. The van der Waals surface area contributed by atoms with Crippen LogP contribution in [-0.4, -0.2) is 48.8 Å². The van der Waals surface area contributed by atoms with Crippen molar-refractivity contribution in [3.8, 4) is 39.1 Å². The first-order chi connectivity index (χ1) is 24.5. The van der Waals surface area contributed by atoms with Gasteiger partial charge in [-0.3, -0.25) is 4.57 Å². The van der Waals surface area contributed by atoms with Crippen molar-refractivity contribution in [2.24, 2.45) is 0 Å². The zero-order chi connectivity index (χ0) is 35.3. The maximum absolute atomic E-state index is 5.23. The molecule has 0 amide bonds. The van der Waals surface area contributed by atoms with Gasteiger partial charge in [-0.25, -0.2) is 4.98 Å². The van der Waals surface area contributed by atoms with Crippen molar-refractivity contribution in [1.82, 2.24) is 9.55 Å². The molecule has 2 nitrogen and oxygen atoms in total. The topological polar surface area (TPSA) is 17.8 Å². The first-order valence-electron chi connectivity index (χ1n) is 18.2. The van der Waals surface area contributed by atoms with Gasteiger partial charge in [-0.15, -0.1) is 5.11 Å². The van der Waals surface area contributed by atoms with Crippen LogP contribution in [0, 0.1) is 0 Å². The van der Waals surface area contributed by atoms with E-state index in [9.17, 15) is 0 Å². The SMILES string of the molecule is BC(B)(B)C(B)(B)c1nc2ccccc2n1-c1ccc(-c2c3ccccc3c(-c3ccc4c(c3)C(C)(C)c3ccccc3-4)c3ccccc23)cc1. The third-order valence-electron chi connectivity index (χ3n) is 12.2. The van der Waals surface area contributed by atoms with E-state index in [0.29, 0.717) is 0 Å². The number of nitrogens with zero attached hydrogens (tertiary/aromatic N) is 2. The monoisotopic (exact) mass is 650 g/mol. The largest absolute Gasteiger partial charge is 0.297 e. The van der Waals surface area contributed by atoms with Crippen molar-refractivity contribution < 1.29 is 0 Å². The van der Waals surface area contributed by atoms with Crippen molar-refractivity contribution in [1.29, 1.82) is 0 Å². The third kappa shape index (κ3) is 4.67. The van der Waals surface area contributed by atoms with Gasteiger partial charge in [0, 0.05) is 11.1 Å². The maximum Gasteiger partial charge on any atom is 0.106 e. The van der Waals surface area contributed by atoms with Gasteiger partial charge >= 0.3 is 0 Å². The summed E-state index contributed by atoms with van der Waals surface area (Å²) in [5, 5.41) is 4.94. The van der Waals surface area contributed by atoms with Gasteiger partial charge in [0.05, 0.1) is 34.6 Å². The number of aromatic nitrogens is 2. The molecule has 1 aliphatic rings. The van der Waals surface area contributed by atoms with Crippen molar-refractivity contribution in [3.63, 3.8) is 0 Å². The van der Waals surface area contributed by atoms with Crippen LogP contribution < -0.4 is 0 Å². The average molecular weight is 650 g/mol. The van der Waals surface area contributed by atoms with Crippen molar-refractivity contribution in [3.05, 3.63) is 156 Å². The van der Waals surface area contributed by atoms with Gasteiger partial charge in [-0.2, -0.15) is 0 Å². The molecule has 0 saturated heterocycles. The summed E-state index contributed by atoms with van der Waals surface area (Å²) in [5.74, 6) is 1.09. The molecule has 0 aliphatic heterocycles. The number of fused-ring (bicyclic) bond motifs is 6. The minimum absolute atomic E-state index is 0.0181. The molecule has 0 bridgehead atoms. The summed E-state index contributed by atoms with van der Waals surface area (Å²) in [5.41, 5.74) is 13.8.